The average molecular weight is 1060 g/mol. The first-order valence-electron chi connectivity index (χ1n) is 33.3. The van der Waals surface area contributed by atoms with Crippen LogP contribution in [0.2, 0.25) is 0 Å². The van der Waals surface area contributed by atoms with Crippen LogP contribution in [0.5, 0.6) is 0 Å². The summed E-state index contributed by atoms with van der Waals surface area (Å²) in [5.74, 6) is -0.880. The van der Waals surface area contributed by atoms with E-state index in [2.05, 4.69) is 81.5 Å². The number of unbranched alkanes of at least 4 members (excludes halogenated alkanes) is 40. The van der Waals surface area contributed by atoms with E-state index in [1.807, 2.05) is 0 Å². The number of hydrogen-bond donors (Lipinski definition) is 0. The van der Waals surface area contributed by atoms with Crippen LogP contribution >= 0.6 is 0 Å². The largest absolute Gasteiger partial charge is 0.462 e. The zero-order chi connectivity index (χ0) is 55.0. The first-order chi connectivity index (χ1) is 37.5. The summed E-state index contributed by atoms with van der Waals surface area (Å²) in [5, 5.41) is 0. The smallest absolute Gasteiger partial charge is 0.306 e. The third kappa shape index (κ3) is 62.0. The van der Waals surface area contributed by atoms with Gasteiger partial charge in [0.25, 0.3) is 0 Å². The molecule has 0 bridgehead atoms. The van der Waals surface area contributed by atoms with Crippen LogP contribution in [0, 0.1) is 0 Å². The van der Waals surface area contributed by atoms with Gasteiger partial charge in [0.15, 0.2) is 6.10 Å². The summed E-state index contributed by atoms with van der Waals surface area (Å²) in [4.78, 5) is 38.2. The van der Waals surface area contributed by atoms with Gasteiger partial charge in [-0.15, -0.1) is 0 Å². The number of hydrogen-bond acceptors (Lipinski definition) is 6. The summed E-state index contributed by atoms with van der Waals surface area (Å²) in [6, 6.07) is 0. The lowest BCUT2D eigenvalue weighted by Crippen LogP contribution is -2.30. The van der Waals surface area contributed by atoms with E-state index in [9.17, 15) is 14.4 Å². The molecule has 1 unspecified atom stereocenters. The van der Waals surface area contributed by atoms with E-state index < -0.39 is 6.10 Å². The van der Waals surface area contributed by atoms with E-state index in [1.165, 1.54) is 218 Å². The van der Waals surface area contributed by atoms with Gasteiger partial charge in [-0.25, -0.2) is 0 Å². The second-order valence-corrected chi connectivity index (χ2v) is 22.4. The van der Waals surface area contributed by atoms with Crippen molar-refractivity contribution in [2.24, 2.45) is 0 Å². The van der Waals surface area contributed by atoms with Crippen molar-refractivity contribution in [3.8, 4) is 0 Å². The maximum absolute atomic E-state index is 12.8. The summed E-state index contributed by atoms with van der Waals surface area (Å²) >= 11 is 0. The Morgan fingerprint density at radius 1 is 0.263 bits per heavy atom. The van der Waals surface area contributed by atoms with Gasteiger partial charge in [-0.05, 0) is 109 Å². The predicted octanol–water partition coefficient (Wildman–Crippen LogP) is 22.7. The van der Waals surface area contributed by atoms with Gasteiger partial charge >= 0.3 is 17.9 Å². The molecule has 442 valence electrons. The van der Waals surface area contributed by atoms with Crippen LogP contribution < -0.4 is 0 Å². The van der Waals surface area contributed by atoms with Crippen molar-refractivity contribution in [1.29, 1.82) is 0 Å². The van der Waals surface area contributed by atoms with E-state index in [-0.39, 0.29) is 31.1 Å². The number of esters is 3. The number of allylic oxidation sites excluding steroid dienone is 10. The Morgan fingerprint density at radius 3 is 0.789 bits per heavy atom. The minimum Gasteiger partial charge on any atom is -0.462 e. The topological polar surface area (TPSA) is 78.9 Å². The van der Waals surface area contributed by atoms with Crippen molar-refractivity contribution < 1.29 is 28.6 Å². The maximum atomic E-state index is 12.8. The lowest BCUT2D eigenvalue weighted by Gasteiger charge is -2.18. The van der Waals surface area contributed by atoms with E-state index in [1.54, 1.807) is 0 Å². The quantitative estimate of drug-likeness (QED) is 0.0261. The molecule has 6 nitrogen and oxygen atoms in total. The van der Waals surface area contributed by atoms with Gasteiger partial charge in [-0.1, -0.05) is 281 Å². The van der Waals surface area contributed by atoms with Crippen molar-refractivity contribution in [2.45, 2.75) is 354 Å². The minimum absolute atomic E-state index is 0.0768. The highest BCUT2D eigenvalue weighted by Crippen LogP contribution is 2.17. The molecule has 0 rings (SSSR count). The molecule has 76 heavy (non-hydrogen) atoms. The molecule has 0 aromatic rings. The van der Waals surface area contributed by atoms with Crippen LogP contribution in [-0.4, -0.2) is 37.2 Å². The Kier molecular flexibility index (Phi) is 62.2. The Morgan fingerprint density at radius 2 is 0.474 bits per heavy atom. The summed E-state index contributed by atoms with van der Waals surface area (Å²) in [6.07, 6.45) is 82.5. The summed E-state index contributed by atoms with van der Waals surface area (Å²) in [5.41, 5.74) is 0. The van der Waals surface area contributed by atoms with Crippen LogP contribution in [0.15, 0.2) is 60.8 Å². The summed E-state index contributed by atoms with van der Waals surface area (Å²) in [7, 11) is 0. The molecular formula is C70H126O6. The zero-order valence-electron chi connectivity index (χ0n) is 50.8. The fourth-order valence-corrected chi connectivity index (χ4v) is 9.68. The summed E-state index contributed by atoms with van der Waals surface area (Å²) in [6.45, 7) is 6.61. The molecule has 0 radical (unpaired) electrons. The molecule has 0 amide bonds. The average Bonchev–Trinajstić information content (AvgIpc) is 3.42. The Bertz CT molecular complexity index is 1360. The highest BCUT2D eigenvalue weighted by molar-refractivity contribution is 5.71. The second-order valence-electron chi connectivity index (χ2n) is 22.4. The molecule has 0 aliphatic carbocycles. The van der Waals surface area contributed by atoms with Crippen molar-refractivity contribution in [2.75, 3.05) is 13.2 Å². The molecule has 1 atom stereocenters. The normalized spacial score (nSPS) is 12.4. The molecule has 0 aliphatic rings. The van der Waals surface area contributed by atoms with Crippen molar-refractivity contribution in [3.05, 3.63) is 60.8 Å². The van der Waals surface area contributed by atoms with E-state index in [0.717, 1.165) is 89.9 Å². The SMILES string of the molecule is CCCCC/C=C\CCCCCCCC(=O)OCC(COC(=O)CCCCCCCCCCCCCCCCCCCC/C=C\C/C=C\C/C=C\CCCCCCC)OC(=O)CCCCCCC/C=C\CCCCCC. The first kappa shape index (κ1) is 73.1. The Labute approximate surface area is 472 Å². The zero-order valence-corrected chi connectivity index (χ0v) is 50.8. The van der Waals surface area contributed by atoms with Crippen LogP contribution in [0.25, 0.3) is 0 Å². The third-order valence-corrected chi connectivity index (χ3v) is 14.7. The lowest BCUT2D eigenvalue weighted by molar-refractivity contribution is -0.167. The number of carbonyl (C=O) groups is 3. The van der Waals surface area contributed by atoms with Gasteiger partial charge in [-0.3, -0.25) is 14.4 Å². The van der Waals surface area contributed by atoms with Gasteiger partial charge in [0.1, 0.15) is 13.2 Å². The van der Waals surface area contributed by atoms with E-state index in [0.29, 0.717) is 19.3 Å². The molecule has 0 spiro atoms. The van der Waals surface area contributed by atoms with E-state index >= 15 is 0 Å². The monoisotopic (exact) mass is 1060 g/mol. The third-order valence-electron chi connectivity index (χ3n) is 14.7. The molecule has 0 saturated heterocycles. The maximum Gasteiger partial charge on any atom is 0.306 e. The lowest BCUT2D eigenvalue weighted by atomic mass is 10.0. The molecule has 0 aromatic carbocycles. The molecule has 0 heterocycles. The summed E-state index contributed by atoms with van der Waals surface area (Å²) < 4.78 is 16.9. The molecule has 0 fully saturated rings. The molecule has 0 N–H and O–H groups in total. The molecule has 0 aliphatic heterocycles. The highest BCUT2D eigenvalue weighted by Gasteiger charge is 2.19. The number of rotatable bonds is 61. The minimum atomic E-state index is -0.779. The van der Waals surface area contributed by atoms with Crippen LogP contribution in [0.4, 0.5) is 0 Å². The molecular weight excluding hydrogens is 937 g/mol. The van der Waals surface area contributed by atoms with Crippen molar-refractivity contribution in [3.63, 3.8) is 0 Å². The molecule has 6 heteroatoms. The van der Waals surface area contributed by atoms with Gasteiger partial charge in [0.2, 0.25) is 0 Å². The van der Waals surface area contributed by atoms with Crippen LogP contribution in [0.3, 0.4) is 0 Å². The first-order valence-corrected chi connectivity index (χ1v) is 33.3. The predicted molar refractivity (Wildman–Crippen MR) is 330 cm³/mol. The van der Waals surface area contributed by atoms with Crippen molar-refractivity contribution >= 4 is 17.9 Å². The fraction of sp³-hybridized carbons (Fsp3) is 0.814. The Balaban J connectivity index is 4.08. The highest BCUT2D eigenvalue weighted by atomic mass is 16.6. The second kappa shape index (κ2) is 64.6. The van der Waals surface area contributed by atoms with E-state index in [4.69, 9.17) is 14.2 Å². The fourth-order valence-electron chi connectivity index (χ4n) is 9.68. The van der Waals surface area contributed by atoms with Gasteiger partial charge in [0, 0.05) is 19.3 Å². The van der Waals surface area contributed by atoms with Crippen LogP contribution in [-0.2, 0) is 28.6 Å². The van der Waals surface area contributed by atoms with Gasteiger partial charge in [0.05, 0.1) is 0 Å². The standard InChI is InChI=1S/C70H126O6/c1-4-7-10-13-16-19-22-25-26-27-28-29-30-31-32-33-34-35-36-37-38-39-40-41-42-43-44-46-48-51-54-57-60-63-69(72)75-66-67(65-74-68(71)62-59-56-53-50-47-24-21-18-15-12-9-6-3)76-70(73)64-61-58-55-52-49-45-23-20-17-14-11-8-5-2/h18,20-23,25,27-28,30-31,67H,4-17,19,24,26,29,32-66H2,1-3H3/b21-18-,23-20-,25-22-,28-27-,31-30-. The van der Waals surface area contributed by atoms with Gasteiger partial charge in [-0.2, -0.15) is 0 Å². The molecule has 0 saturated carbocycles. The number of ether oxygens (including phenoxy) is 3. The van der Waals surface area contributed by atoms with Gasteiger partial charge < -0.3 is 14.2 Å². The molecule has 0 aromatic heterocycles. The number of carbonyl (C=O) groups excluding carboxylic acids is 3. The van der Waals surface area contributed by atoms with Crippen LogP contribution in [0.1, 0.15) is 348 Å². The van der Waals surface area contributed by atoms with Crippen molar-refractivity contribution in [1.82, 2.24) is 0 Å². The Hall–Kier alpha value is -2.89.